The fourth-order valence-electron chi connectivity index (χ4n) is 4.93. The van der Waals surface area contributed by atoms with Crippen molar-refractivity contribution in [1.29, 1.82) is 5.26 Å². The maximum atomic E-state index is 15.2. The van der Waals surface area contributed by atoms with E-state index in [2.05, 4.69) is 49.8 Å². The van der Waals surface area contributed by atoms with Crippen molar-refractivity contribution in [2.45, 2.75) is 46.7 Å². The molecule has 1 atom stereocenters. The highest BCUT2D eigenvalue weighted by Crippen LogP contribution is 2.29. The van der Waals surface area contributed by atoms with E-state index < -0.39 is 11.5 Å². The van der Waals surface area contributed by atoms with Gasteiger partial charge in [-0.15, -0.1) is 0 Å². The first kappa shape index (κ1) is 27.0. The van der Waals surface area contributed by atoms with E-state index in [1.807, 2.05) is 26.2 Å². The predicted molar refractivity (Wildman–Crippen MR) is 151 cm³/mol. The Morgan fingerprint density at radius 1 is 1.10 bits per heavy atom. The van der Waals surface area contributed by atoms with Crippen molar-refractivity contribution in [1.82, 2.24) is 29.3 Å². The molecule has 1 aliphatic heterocycles. The van der Waals surface area contributed by atoms with Crippen LogP contribution in [0.1, 0.15) is 38.8 Å². The maximum Gasteiger partial charge on any atom is 0.350 e. The van der Waals surface area contributed by atoms with E-state index in [0.29, 0.717) is 54.6 Å². The quantitative estimate of drug-likeness (QED) is 0.347. The van der Waals surface area contributed by atoms with Gasteiger partial charge >= 0.3 is 5.69 Å². The molecule has 1 aromatic carbocycles. The summed E-state index contributed by atoms with van der Waals surface area (Å²) in [5.41, 5.74) is 2.41. The van der Waals surface area contributed by atoms with E-state index in [4.69, 9.17) is 0 Å². The highest BCUT2D eigenvalue weighted by atomic mass is 19.1. The molecule has 1 unspecified atom stereocenters. The predicted octanol–water partition coefficient (Wildman–Crippen LogP) is 3.83. The van der Waals surface area contributed by atoms with E-state index in [1.165, 1.54) is 21.6 Å². The summed E-state index contributed by atoms with van der Waals surface area (Å²) in [5, 5.41) is 14.1. The van der Waals surface area contributed by atoms with Crippen LogP contribution in [0.25, 0.3) is 16.8 Å². The Kier molecular flexibility index (Phi) is 7.60. The van der Waals surface area contributed by atoms with Gasteiger partial charge in [-0.2, -0.15) is 10.4 Å². The zero-order valence-electron chi connectivity index (χ0n) is 23.1. The molecular weight excluding hydrogens is 509 g/mol. The number of nitriles is 1. The molecule has 0 amide bonds. The number of aryl methyl sites for hydroxylation is 1. The van der Waals surface area contributed by atoms with E-state index in [-0.39, 0.29) is 17.6 Å². The SMILES string of the molecule is CCc1cnc(N2CCN(c3ncc(-c4ccc(-n5cnn(CC(C)C)c5=O)c(F)c4)cc3C#N)C(C)C2)nc1. The summed E-state index contributed by atoms with van der Waals surface area (Å²) in [5.74, 6) is 0.969. The zero-order valence-corrected chi connectivity index (χ0v) is 23.1. The van der Waals surface area contributed by atoms with Crippen LogP contribution in [0.15, 0.2) is 54.0 Å². The van der Waals surface area contributed by atoms with Crippen molar-refractivity contribution < 1.29 is 4.39 Å². The summed E-state index contributed by atoms with van der Waals surface area (Å²) in [7, 11) is 0. The summed E-state index contributed by atoms with van der Waals surface area (Å²) in [6, 6.07) is 8.68. The highest BCUT2D eigenvalue weighted by molar-refractivity contribution is 5.69. The van der Waals surface area contributed by atoms with Gasteiger partial charge < -0.3 is 9.80 Å². The molecular formula is C29H32FN9O. The second-order valence-electron chi connectivity index (χ2n) is 10.5. The van der Waals surface area contributed by atoms with E-state index in [0.717, 1.165) is 12.0 Å². The normalized spacial score (nSPS) is 15.5. The lowest BCUT2D eigenvalue weighted by molar-refractivity contribution is 0.469. The lowest BCUT2D eigenvalue weighted by Gasteiger charge is -2.40. The molecule has 40 heavy (non-hydrogen) atoms. The van der Waals surface area contributed by atoms with Crippen LogP contribution in [0.4, 0.5) is 16.2 Å². The molecule has 0 bridgehead atoms. The standard InChI is InChI=1S/C29H32FN9O/c1-5-21-13-33-28(34-14-21)36-8-9-37(20(4)17-36)27-23(12-31)10-24(15-32-27)22-6-7-26(25(30)11-22)38-18-35-39(29(38)40)16-19(2)3/h6-7,10-11,13-15,18-20H,5,8-9,16-17H2,1-4H3. The first-order valence-electron chi connectivity index (χ1n) is 13.5. The number of hydrogen-bond donors (Lipinski definition) is 0. The molecule has 4 aromatic rings. The minimum Gasteiger partial charge on any atom is -0.349 e. The molecule has 0 N–H and O–H groups in total. The Bertz CT molecular complexity index is 1600. The summed E-state index contributed by atoms with van der Waals surface area (Å²) >= 11 is 0. The number of benzene rings is 1. The fraction of sp³-hybridized carbons (Fsp3) is 0.379. The topological polar surface area (TPSA) is 109 Å². The van der Waals surface area contributed by atoms with Gasteiger partial charge in [0.15, 0.2) is 0 Å². The molecule has 1 aliphatic rings. The van der Waals surface area contributed by atoms with Crippen LogP contribution in [-0.4, -0.2) is 55.0 Å². The van der Waals surface area contributed by atoms with Gasteiger partial charge in [-0.1, -0.05) is 26.8 Å². The molecule has 206 valence electrons. The van der Waals surface area contributed by atoms with Gasteiger partial charge in [0.25, 0.3) is 0 Å². The van der Waals surface area contributed by atoms with Crippen LogP contribution in [0.5, 0.6) is 0 Å². The van der Waals surface area contributed by atoms with Crippen molar-refractivity contribution in [2.75, 3.05) is 29.4 Å². The number of pyridine rings is 1. The molecule has 0 radical (unpaired) electrons. The summed E-state index contributed by atoms with van der Waals surface area (Å²) in [6.07, 6.45) is 7.61. The van der Waals surface area contributed by atoms with Gasteiger partial charge in [0, 0.05) is 56.4 Å². The monoisotopic (exact) mass is 541 g/mol. The van der Waals surface area contributed by atoms with Crippen LogP contribution in [0.3, 0.4) is 0 Å². The third kappa shape index (κ3) is 5.30. The summed E-state index contributed by atoms with van der Waals surface area (Å²) in [4.78, 5) is 30.6. The number of piperazine rings is 1. The largest absolute Gasteiger partial charge is 0.350 e. The second-order valence-corrected chi connectivity index (χ2v) is 10.5. The molecule has 0 spiro atoms. The van der Waals surface area contributed by atoms with E-state index >= 15 is 4.39 Å². The summed E-state index contributed by atoms with van der Waals surface area (Å²) < 4.78 is 17.7. The Hall–Kier alpha value is -4.59. The minimum absolute atomic E-state index is 0.0697. The number of hydrogen-bond acceptors (Lipinski definition) is 8. The maximum absolute atomic E-state index is 15.2. The number of nitrogens with zero attached hydrogens (tertiary/aromatic N) is 9. The molecule has 11 heteroatoms. The number of anilines is 2. The average Bonchev–Trinajstić information content (AvgIpc) is 3.31. The van der Waals surface area contributed by atoms with Gasteiger partial charge in [-0.05, 0) is 48.6 Å². The van der Waals surface area contributed by atoms with E-state index in [1.54, 1.807) is 24.4 Å². The van der Waals surface area contributed by atoms with Crippen molar-refractivity contribution in [2.24, 2.45) is 5.92 Å². The molecule has 0 saturated carbocycles. The lowest BCUT2D eigenvalue weighted by Crippen LogP contribution is -2.53. The lowest BCUT2D eigenvalue weighted by atomic mass is 10.0. The Morgan fingerprint density at radius 2 is 1.88 bits per heavy atom. The third-order valence-electron chi connectivity index (χ3n) is 7.08. The van der Waals surface area contributed by atoms with Gasteiger partial charge in [-0.25, -0.2) is 33.4 Å². The van der Waals surface area contributed by atoms with Crippen molar-refractivity contribution >= 4 is 11.8 Å². The Morgan fingerprint density at radius 3 is 2.52 bits per heavy atom. The second kappa shape index (κ2) is 11.3. The molecule has 5 rings (SSSR count). The van der Waals surface area contributed by atoms with Gasteiger partial charge in [0.05, 0.1) is 11.3 Å². The van der Waals surface area contributed by atoms with Gasteiger partial charge in [-0.3, -0.25) is 0 Å². The molecule has 1 saturated heterocycles. The van der Waals surface area contributed by atoms with Crippen molar-refractivity contribution in [3.63, 3.8) is 0 Å². The molecule has 10 nitrogen and oxygen atoms in total. The first-order valence-corrected chi connectivity index (χ1v) is 13.5. The van der Waals surface area contributed by atoms with Crippen LogP contribution in [0.2, 0.25) is 0 Å². The number of rotatable bonds is 7. The van der Waals surface area contributed by atoms with Crippen molar-refractivity contribution in [3.8, 4) is 22.9 Å². The molecule has 0 aliphatic carbocycles. The van der Waals surface area contributed by atoms with Crippen LogP contribution in [-0.2, 0) is 13.0 Å². The van der Waals surface area contributed by atoms with Crippen LogP contribution in [0, 0.1) is 23.1 Å². The molecule has 4 heterocycles. The summed E-state index contributed by atoms with van der Waals surface area (Å²) in [6.45, 7) is 10.6. The number of halogens is 1. The highest BCUT2D eigenvalue weighted by Gasteiger charge is 2.28. The Balaban J connectivity index is 1.35. The van der Waals surface area contributed by atoms with Gasteiger partial charge in [0.2, 0.25) is 5.95 Å². The number of aromatic nitrogens is 6. The van der Waals surface area contributed by atoms with Crippen molar-refractivity contribution in [3.05, 3.63) is 76.6 Å². The minimum atomic E-state index is -0.565. The fourth-order valence-corrected chi connectivity index (χ4v) is 4.93. The average molecular weight is 542 g/mol. The first-order chi connectivity index (χ1) is 19.3. The molecule has 1 fully saturated rings. The smallest absolute Gasteiger partial charge is 0.349 e. The molecule has 3 aromatic heterocycles. The van der Waals surface area contributed by atoms with Gasteiger partial charge in [0.1, 0.15) is 24.0 Å². The zero-order chi connectivity index (χ0) is 28.4. The van der Waals surface area contributed by atoms with Crippen LogP contribution >= 0.6 is 0 Å². The Labute approximate surface area is 232 Å². The van der Waals surface area contributed by atoms with Crippen LogP contribution < -0.4 is 15.5 Å². The third-order valence-corrected chi connectivity index (χ3v) is 7.08. The van der Waals surface area contributed by atoms with E-state index in [9.17, 15) is 10.1 Å².